The van der Waals surface area contributed by atoms with Gasteiger partial charge in [-0.05, 0) is 47.9 Å². The van der Waals surface area contributed by atoms with Crippen molar-refractivity contribution in [3.8, 4) is 0 Å². The number of Topliss-reactive ketones (excluding diaryl/α,β-unsaturated/α-hetero) is 1. The van der Waals surface area contributed by atoms with Crippen molar-refractivity contribution in [1.82, 2.24) is 19.7 Å². The molecule has 11 nitrogen and oxygen atoms in total. The SMILES string of the molecule is O=C(Cc1ncc(F)s1)C(CC1CCOCC1)n1ncc2c(S(=O)(=O)C3CC3)cc([N+](=O)[O-])nc21. The van der Waals surface area contributed by atoms with Gasteiger partial charge in [-0.1, -0.05) is 11.3 Å². The number of carbonyl (C=O) groups excluding carboxylic acids is 1. The van der Waals surface area contributed by atoms with E-state index in [9.17, 15) is 27.7 Å². The number of ketones is 1. The van der Waals surface area contributed by atoms with Crippen molar-refractivity contribution in [3.63, 3.8) is 0 Å². The number of thiazole rings is 1. The first-order chi connectivity index (χ1) is 16.7. The summed E-state index contributed by atoms with van der Waals surface area (Å²) in [7, 11) is -3.80. The Morgan fingerprint density at radius 3 is 2.66 bits per heavy atom. The maximum Gasteiger partial charge on any atom is 0.367 e. The molecule has 0 spiro atoms. The summed E-state index contributed by atoms with van der Waals surface area (Å²) in [6, 6.07) is 0.0869. The smallest absolute Gasteiger partial charge is 0.367 e. The second-order valence-electron chi connectivity index (χ2n) is 8.81. The second-order valence-corrected chi connectivity index (χ2v) is 12.1. The predicted molar refractivity (Wildman–Crippen MR) is 122 cm³/mol. The van der Waals surface area contributed by atoms with Gasteiger partial charge < -0.3 is 14.9 Å². The Kier molecular flexibility index (Phi) is 6.36. The fraction of sp³-hybridized carbons (Fsp3) is 0.524. The van der Waals surface area contributed by atoms with E-state index in [1.807, 2.05) is 0 Å². The molecule has 4 heterocycles. The lowest BCUT2D eigenvalue weighted by molar-refractivity contribution is -0.389. The van der Waals surface area contributed by atoms with Crippen molar-refractivity contribution in [2.24, 2.45) is 5.92 Å². The molecule has 3 aromatic heterocycles. The largest absolute Gasteiger partial charge is 0.381 e. The molecule has 1 aliphatic heterocycles. The molecule has 14 heteroatoms. The molecular formula is C21H22FN5O6S2. The van der Waals surface area contributed by atoms with E-state index in [1.54, 1.807) is 0 Å². The maximum atomic E-state index is 13.5. The van der Waals surface area contributed by atoms with Crippen LogP contribution >= 0.6 is 11.3 Å². The van der Waals surface area contributed by atoms with Gasteiger partial charge in [-0.2, -0.15) is 9.49 Å². The summed E-state index contributed by atoms with van der Waals surface area (Å²) in [6.45, 7) is 1.10. The van der Waals surface area contributed by atoms with Crippen LogP contribution in [0, 0.1) is 21.2 Å². The Hall–Kier alpha value is -2.84. The van der Waals surface area contributed by atoms with Gasteiger partial charge in [0.15, 0.2) is 20.8 Å². The summed E-state index contributed by atoms with van der Waals surface area (Å²) in [5.41, 5.74) is -0.0332. The number of sulfone groups is 1. The average Bonchev–Trinajstić information content (AvgIpc) is 3.51. The highest BCUT2D eigenvalue weighted by atomic mass is 32.2. The third-order valence-corrected chi connectivity index (χ3v) is 9.47. The molecular weight excluding hydrogens is 501 g/mol. The summed E-state index contributed by atoms with van der Waals surface area (Å²) >= 11 is 0.770. The van der Waals surface area contributed by atoms with Crippen molar-refractivity contribution in [2.45, 2.75) is 54.7 Å². The zero-order chi connectivity index (χ0) is 24.7. The highest BCUT2D eigenvalue weighted by Crippen LogP contribution is 2.38. The molecule has 3 aromatic rings. The first kappa shape index (κ1) is 23.9. The summed E-state index contributed by atoms with van der Waals surface area (Å²) in [5.74, 6) is -0.813. The van der Waals surface area contributed by atoms with E-state index < -0.39 is 37.0 Å². The van der Waals surface area contributed by atoms with Crippen LogP contribution in [0.1, 0.15) is 43.2 Å². The van der Waals surface area contributed by atoms with Crippen LogP contribution in [-0.2, 0) is 25.8 Å². The number of halogens is 1. The number of pyridine rings is 1. The van der Waals surface area contributed by atoms with Crippen LogP contribution < -0.4 is 0 Å². The standard InChI is InChI=1S/C21H22FN5O6S2/c22-18-11-23-20(34-18)8-16(28)15(7-12-3-5-33-6-4-12)26-21-14(10-24-26)17(9-19(25-21)27(29)30)35(31,32)13-1-2-13/h9-13,15H,1-8H2. The average molecular weight is 524 g/mol. The number of hydrogen-bond acceptors (Lipinski definition) is 10. The Balaban J connectivity index is 1.60. The number of aromatic nitrogens is 4. The van der Waals surface area contributed by atoms with Crippen LogP contribution in [0.15, 0.2) is 23.4 Å². The van der Waals surface area contributed by atoms with E-state index in [1.165, 1.54) is 10.9 Å². The summed E-state index contributed by atoms with van der Waals surface area (Å²) in [6.07, 6.45) is 4.99. The number of hydrogen-bond donors (Lipinski definition) is 0. The molecule has 0 bridgehead atoms. The molecule has 0 amide bonds. The van der Waals surface area contributed by atoms with Crippen LogP contribution in [0.25, 0.3) is 11.0 Å². The van der Waals surface area contributed by atoms with E-state index in [4.69, 9.17) is 4.74 Å². The number of fused-ring (bicyclic) bond motifs is 1. The molecule has 186 valence electrons. The Labute approximate surface area is 203 Å². The van der Waals surface area contributed by atoms with Gasteiger partial charge in [-0.25, -0.2) is 18.1 Å². The maximum absolute atomic E-state index is 13.5. The van der Waals surface area contributed by atoms with Gasteiger partial charge in [-0.15, -0.1) is 0 Å². The minimum absolute atomic E-state index is 0.0332. The molecule has 5 rings (SSSR count). The molecule has 0 radical (unpaired) electrons. The lowest BCUT2D eigenvalue weighted by atomic mass is 9.90. The van der Waals surface area contributed by atoms with Crippen LogP contribution in [0.2, 0.25) is 0 Å². The van der Waals surface area contributed by atoms with Crippen LogP contribution in [-0.4, -0.2) is 57.3 Å². The fourth-order valence-corrected chi connectivity index (χ4v) is 6.88. The second kappa shape index (κ2) is 9.32. The molecule has 2 aliphatic rings. The van der Waals surface area contributed by atoms with Gasteiger partial charge >= 0.3 is 5.82 Å². The van der Waals surface area contributed by atoms with Crippen molar-refractivity contribution in [1.29, 1.82) is 0 Å². The number of nitro groups is 1. The van der Waals surface area contributed by atoms with Gasteiger partial charge in [0.05, 0.1) is 40.4 Å². The van der Waals surface area contributed by atoms with Crippen LogP contribution in [0.5, 0.6) is 0 Å². The number of carbonyl (C=O) groups is 1. The van der Waals surface area contributed by atoms with E-state index in [-0.39, 0.29) is 34.1 Å². The molecule has 1 saturated heterocycles. The van der Waals surface area contributed by atoms with Crippen molar-refractivity contribution in [2.75, 3.05) is 13.2 Å². The van der Waals surface area contributed by atoms with Gasteiger partial charge in [0.2, 0.25) is 0 Å². The Morgan fingerprint density at radius 1 is 1.29 bits per heavy atom. The first-order valence-electron chi connectivity index (χ1n) is 11.2. The topological polar surface area (TPSA) is 147 Å². The highest BCUT2D eigenvalue weighted by Gasteiger charge is 2.40. The molecule has 0 aromatic carbocycles. The summed E-state index contributed by atoms with van der Waals surface area (Å²) in [5, 5.41) is 15.3. The van der Waals surface area contributed by atoms with Gasteiger partial charge in [0.25, 0.3) is 5.65 Å². The van der Waals surface area contributed by atoms with Crippen molar-refractivity contribution < 1.29 is 27.3 Å². The molecule has 1 aliphatic carbocycles. The van der Waals surface area contributed by atoms with Gasteiger partial charge in [-0.3, -0.25) is 4.79 Å². The van der Waals surface area contributed by atoms with Crippen molar-refractivity contribution in [3.05, 3.63) is 38.7 Å². The lowest BCUT2D eigenvalue weighted by Gasteiger charge is -2.26. The third kappa shape index (κ3) is 4.82. The van der Waals surface area contributed by atoms with Crippen LogP contribution in [0.3, 0.4) is 0 Å². The molecule has 0 N–H and O–H groups in total. The monoisotopic (exact) mass is 523 g/mol. The molecule has 35 heavy (non-hydrogen) atoms. The molecule has 1 saturated carbocycles. The zero-order valence-corrected chi connectivity index (χ0v) is 20.1. The van der Waals surface area contributed by atoms with E-state index in [0.29, 0.717) is 37.5 Å². The predicted octanol–water partition coefficient (Wildman–Crippen LogP) is 3.04. The lowest BCUT2D eigenvalue weighted by Crippen LogP contribution is -2.27. The van der Waals surface area contributed by atoms with Gasteiger partial charge in [0, 0.05) is 13.2 Å². The van der Waals surface area contributed by atoms with E-state index >= 15 is 0 Å². The molecule has 1 unspecified atom stereocenters. The number of rotatable bonds is 9. The summed E-state index contributed by atoms with van der Waals surface area (Å²) in [4.78, 5) is 32.1. The minimum Gasteiger partial charge on any atom is -0.381 e. The molecule has 2 fully saturated rings. The first-order valence-corrected chi connectivity index (χ1v) is 13.6. The zero-order valence-electron chi connectivity index (χ0n) is 18.5. The number of ether oxygens (including phenoxy) is 1. The third-order valence-electron chi connectivity index (χ3n) is 6.39. The Bertz CT molecular complexity index is 1390. The van der Waals surface area contributed by atoms with E-state index in [0.717, 1.165) is 36.4 Å². The van der Waals surface area contributed by atoms with Crippen LogP contribution in [0.4, 0.5) is 10.2 Å². The minimum atomic E-state index is -3.80. The Morgan fingerprint density at radius 2 is 2.03 bits per heavy atom. The van der Waals surface area contributed by atoms with E-state index in [2.05, 4.69) is 15.1 Å². The fourth-order valence-electron chi connectivity index (χ4n) is 4.39. The number of nitrogens with zero attached hydrogens (tertiary/aromatic N) is 5. The van der Waals surface area contributed by atoms with Crippen molar-refractivity contribution >= 4 is 43.8 Å². The molecule has 1 atom stereocenters. The van der Waals surface area contributed by atoms with Gasteiger partial charge in [0.1, 0.15) is 11.0 Å². The highest BCUT2D eigenvalue weighted by molar-refractivity contribution is 7.92. The normalized spacial score (nSPS) is 18.1. The quantitative estimate of drug-likeness (QED) is 0.305. The summed E-state index contributed by atoms with van der Waals surface area (Å²) < 4.78 is 46.3.